The summed E-state index contributed by atoms with van der Waals surface area (Å²) in [6.07, 6.45) is 12.5. The molecule has 0 aliphatic carbocycles. The van der Waals surface area contributed by atoms with Crippen molar-refractivity contribution in [3.8, 4) is 0 Å². The minimum atomic E-state index is -0.323. The van der Waals surface area contributed by atoms with Gasteiger partial charge >= 0.3 is 0 Å². The van der Waals surface area contributed by atoms with E-state index in [9.17, 15) is 0 Å². The predicted octanol–water partition coefficient (Wildman–Crippen LogP) is 7.58. The highest BCUT2D eigenvalue weighted by Gasteiger charge is 2.48. The Labute approximate surface area is 245 Å². The zero-order valence-corrected chi connectivity index (χ0v) is 24.6. The van der Waals surface area contributed by atoms with Crippen LogP contribution < -0.4 is 0 Å². The topological polar surface area (TPSA) is 36.9 Å². The van der Waals surface area contributed by atoms with Crippen LogP contribution in [0.1, 0.15) is 34.4 Å². The van der Waals surface area contributed by atoms with Crippen LogP contribution in [0.5, 0.6) is 0 Å². The molecule has 2 aromatic carbocycles. The fourth-order valence-corrected chi connectivity index (χ4v) is 6.42. The zero-order chi connectivity index (χ0) is 28.6. The van der Waals surface area contributed by atoms with Gasteiger partial charge in [-0.2, -0.15) is 0 Å². The molecule has 2 aromatic rings. The van der Waals surface area contributed by atoms with Crippen molar-refractivity contribution in [3.05, 3.63) is 127 Å². The van der Waals surface area contributed by atoms with Gasteiger partial charge in [-0.05, 0) is 35.1 Å². The lowest BCUT2D eigenvalue weighted by Gasteiger charge is -2.46. The summed E-state index contributed by atoms with van der Waals surface area (Å²) in [5.74, 6) is 0. The molecule has 1 saturated heterocycles. The second-order valence-corrected chi connectivity index (χ2v) is 11.0. The molecule has 5 atom stereocenters. The van der Waals surface area contributed by atoms with Crippen LogP contribution in [0.25, 0.3) is 6.08 Å². The van der Waals surface area contributed by atoms with E-state index in [4.69, 9.17) is 18.9 Å². The summed E-state index contributed by atoms with van der Waals surface area (Å²) in [6, 6.07) is 17.5. The third kappa shape index (κ3) is 9.46. The second kappa shape index (κ2) is 17.9. The summed E-state index contributed by atoms with van der Waals surface area (Å²) in [6.45, 7) is 19.8. The largest absolute Gasteiger partial charge is 0.376 e. The van der Waals surface area contributed by atoms with E-state index in [1.165, 1.54) is 22.3 Å². The molecule has 4 nitrogen and oxygen atoms in total. The summed E-state index contributed by atoms with van der Waals surface area (Å²) in [4.78, 5) is 0. The van der Waals surface area contributed by atoms with Crippen molar-refractivity contribution in [2.45, 2.75) is 48.6 Å². The molecule has 3 rings (SSSR count). The summed E-state index contributed by atoms with van der Waals surface area (Å²) in [5, 5.41) is 0.0409. The highest BCUT2D eigenvalue weighted by Crippen LogP contribution is 2.46. The number of hydrogen-bond acceptors (Lipinski definition) is 5. The molecule has 0 bridgehead atoms. The predicted molar refractivity (Wildman–Crippen MR) is 170 cm³/mol. The molecule has 0 N–H and O–H groups in total. The average molecular weight is 561 g/mol. The fourth-order valence-electron chi connectivity index (χ4n) is 4.79. The Kier molecular flexibility index (Phi) is 14.3. The van der Waals surface area contributed by atoms with Crippen molar-refractivity contribution < 1.29 is 18.9 Å². The maximum atomic E-state index is 6.42. The van der Waals surface area contributed by atoms with E-state index in [0.29, 0.717) is 33.0 Å². The van der Waals surface area contributed by atoms with Gasteiger partial charge in [0.05, 0.1) is 43.5 Å². The first-order valence-corrected chi connectivity index (χ1v) is 14.9. The number of aryl methyl sites for hydroxylation is 1. The van der Waals surface area contributed by atoms with E-state index in [1.54, 1.807) is 24.3 Å². The van der Waals surface area contributed by atoms with Gasteiger partial charge in [0, 0.05) is 0 Å². The minimum absolute atomic E-state index is 0.0150. The van der Waals surface area contributed by atoms with Gasteiger partial charge in [-0.1, -0.05) is 91.9 Å². The van der Waals surface area contributed by atoms with E-state index in [-0.39, 0.29) is 28.8 Å². The molecule has 5 heteroatoms. The molecule has 40 heavy (non-hydrogen) atoms. The van der Waals surface area contributed by atoms with Crippen molar-refractivity contribution in [3.63, 3.8) is 0 Å². The second-order valence-electron chi connectivity index (χ2n) is 9.63. The van der Waals surface area contributed by atoms with Gasteiger partial charge in [-0.3, -0.25) is 0 Å². The molecule has 0 saturated carbocycles. The van der Waals surface area contributed by atoms with Crippen LogP contribution in [0.15, 0.2) is 105 Å². The maximum Gasteiger partial charge on any atom is 0.113 e. The Morgan fingerprint density at radius 1 is 0.750 bits per heavy atom. The maximum absolute atomic E-state index is 6.42. The quantitative estimate of drug-likeness (QED) is 0.139. The van der Waals surface area contributed by atoms with Crippen LogP contribution in [0.3, 0.4) is 0 Å². The number of hydrogen-bond donors (Lipinski definition) is 0. The van der Waals surface area contributed by atoms with Crippen molar-refractivity contribution >= 4 is 17.8 Å². The molecule has 1 aliphatic heterocycles. The molecule has 0 amide bonds. The van der Waals surface area contributed by atoms with Crippen LogP contribution in [-0.2, 0) is 31.8 Å². The Bertz CT molecular complexity index is 1090. The highest BCUT2D eigenvalue weighted by atomic mass is 32.2. The molecule has 214 valence electrons. The van der Waals surface area contributed by atoms with E-state index in [2.05, 4.69) is 93.9 Å². The average Bonchev–Trinajstić information content (AvgIpc) is 2.99. The van der Waals surface area contributed by atoms with Crippen LogP contribution in [0.4, 0.5) is 0 Å². The molecule has 0 radical (unpaired) electrons. The molecular weight excluding hydrogens is 516 g/mol. The van der Waals surface area contributed by atoms with E-state index in [1.807, 2.05) is 11.8 Å². The minimum Gasteiger partial charge on any atom is -0.376 e. The third-order valence-electron chi connectivity index (χ3n) is 6.70. The molecule has 0 aromatic heterocycles. The van der Waals surface area contributed by atoms with Gasteiger partial charge in [0.1, 0.15) is 18.3 Å². The summed E-state index contributed by atoms with van der Waals surface area (Å²) in [7, 11) is 0. The van der Waals surface area contributed by atoms with Gasteiger partial charge < -0.3 is 18.9 Å². The molecule has 1 aliphatic rings. The van der Waals surface area contributed by atoms with E-state index in [0.717, 1.165) is 12.8 Å². The summed E-state index contributed by atoms with van der Waals surface area (Å²) in [5.41, 5.74) is 5.00. The number of allylic oxidation sites excluding steroid dienone is 1. The lowest BCUT2D eigenvalue weighted by Crippen LogP contribution is -2.55. The van der Waals surface area contributed by atoms with Crippen molar-refractivity contribution in [2.75, 3.05) is 33.0 Å². The van der Waals surface area contributed by atoms with Gasteiger partial charge in [0.25, 0.3) is 0 Å². The first-order valence-electron chi connectivity index (χ1n) is 14.0. The first kappa shape index (κ1) is 31.9. The van der Waals surface area contributed by atoms with E-state index >= 15 is 0 Å². The normalized spacial score (nSPS) is 22.7. The Balaban J connectivity index is 1.88. The fraction of sp³-hybridized carbons (Fsp3) is 0.371. The lowest BCUT2D eigenvalue weighted by atomic mass is 9.95. The Hall–Kier alpha value is -2.67. The molecule has 1 heterocycles. The number of thioether (sulfide) groups is 1. The molecule has 0 spiro atoms. The van der Waals surface area contributed by atoms with Crippen LogP contribution in [0, 0.1) is 0 Å². The smallest absolute Gasteiger partial charge is 0.113 e. The zero-order valence-electron chi connectivity index (χ0n) is 23.8. The van der Waals surface area contributed by atoms with Crippen LogP contribution in [0.2, 0.25) is 0 Å². The molecular formula is C35H44O4S. The van der Waals surface area contributed by atoms with Crippen molar-refractivity contribution in [1.29, 1.82) is 0 Å². The van der Waals surface area contributed by atoms with Gasteiger partial charge in [-0.25, -0.2) is 0 Å². The number of benzene rings is 2. The Morgan fingerprint density at radius 3 is 2.05 bits per heavy atom. The van der Waals surface area contributed by atoms with Gasteiger partial charge in [0.2, 0.25) is 0 Å². The number of rotatable bonds is 18. The van der Waals surface area contributed by atoms with E-state index < -0.39 is 0 Å². The SMILES string of the molecule is C=CCOC[C@H]1S[C@@H](c2cccc(C/C=C/c3ccc(CC)cc3)c2)[C@H](OCC=C)[C@@H](OCC=C)[C@H]1OCC=C. The van der Waals surface area contributed by atoms with Crippen LogP contribution >= 0.6 is 11.8 Å². The third-order valence-corrected chi connectivity index (χ3v) is 8.29. The number of ether oxygens (including phenoxy) is 4. The standard InChI is InChI=1S/C35H44O4S/c1-6-21-36-26-31-32(37-22-7-2)33(38-23-8-3)34(39-24-9-4)35(40-31)30-16-12-15-29(25-30)14-11-13-28-19-17-27(10-5)18-20-28/h6-9,11-13,15-20,25,31-35H,1-4,10,14,21-24,26H2,5H3/b13-11+/t31-,32+,33+,34-,35+/m1/s1. The molecule has 0 unspecified atom stereocenters. The summed E-state index contributed by atoms with van der Waals surface area (Å²) < 4.78 is 25.0. The first-order chi connectivity index (χ1) is 19.6. The van der Waals surface area contributed by atoms with Gasteiger partial charge in [0.15, 0.2) is 0 Å². The van der Waals surface area contributed by atoms with Crippen LogP contribution in [-0.4, -0.2) is 56.6 Å². The van der Waals surface area contributed by atoms with Gasteiger partial charge in [-0.15, -0.1) is 38.1 Å². The summed E-state index contributed by atoms with van der Waals surface area (Å²) >= 11 is 1.82. The Morgan fingerprint density at radius 2 is 1.40 bits per heavy atom. The van der Waals surface area contributed by atoms with Crippen molar-refractivity contribution in [1.82, 2.24) is 0 Å². The highest BCUT2D eigenvalue weighted by molar-refractivity contribution is 8.00. The molecule has 1 fully saturated rings. The monoisotopic (exact) mass is 560 g/mol. The van der Waals surface area contributed by atoms with Crippen molar-refractivity contribution in [2.24, 2.45) is 0 Å². The lowest BCUT2D eigenvalue weighted by molar-refractivity contribution is -0.136.